The first-order chi connectivity index (χ1) is 9.67. The minimum Gasteiger partial charge on any atom is -0.440 e. The number of fused-ring (bicyclic) bond motifs is 1. The van der Waals surface area contributed by atoms with Crippen molar-refractivity contribution in [1.29, 1.82) is 0 Å². The lowest BCUT2D eigenvalue weighted by Crippen LogP contribution is -2.45. The van der Waals surface area contributed by atoms with E-state index in [1.54, 1.807) is 13.8 Å². The maximum atomic E-state index is 11.2. The number of carbonyl (C=O) groups excluding carboxylic acids is 1. The number of rotatable bonds is 2. The first-order valence-corrected chi connectivity index (χ1v) is 6.96. The molecule has 21 heavy (non-hydrogen) atoms. The first-order valence-electron chi connectivity index (χ1n) is 6.96. The molecule has 0 saturated carbocycles. The van der Waals surface area contributed by atoms with Crippen LogP contribution >= 0.6 is 0 Å². The highest BCUT2D eigenvalue weighted by Gasteiger charge is 2.59. The van der Waals surface area contributed by atoms with Crippen molar-refractivity contribution in [1.82, 2.24) is 0 Å². The third-order valence-electron chi connectivity index (χ3n) is 3.68. The standard InChI is InChI=1S/C13H21NO7/c1-12(2)16-5-6(19-12)7-8(18-11(14)15)9-10(17-7)21-13(3,4)20-9/h6-10H,5H2,1-4H3,(H2,14,15)/t6-,7-,8+,9-,10-/m1/s1. The van der Waals surface area contributed by atoms with Crippen LogP contribution in [-0.4, -0.2) is 55.0 Å². The summed E-state index contributed by atoms with van der Waals surface area (Å²) in [7, 11) is 0. The molecule has 120 valence electrons. The van der Waals surface area contributed by atoms with Crippen LogP contribution in [0.15, 0.2) is 0 Å². The lowest BCUT2D eigenvalue weighted by Gasteiger charge is -2.28. The molecule has 3 rings (SSSR count). The summed E-state index contributed by atoms with van der Waals surface area (Å²) in [4.78, 5) is 11.2. The second kappa shape index (κ2) is 4.79. The minimum atomic E-state index is -0.888. The normalized spacial score (nSPS) is 43.7. The number of nitrogens with two attached hydrogens (primary N) is 1. The molecule has 0 aromatic carbocycles. The zero-order chi connectivity index (χ0) is 15.4. The van der Waals surface area contributed by atoms with Crippen molar-refractivity contribution in [2.75, 3.05) is 6.61 Å². The molecule has 8 nitrogen and oxygen atoms in total. The predicted molar refractivity (Wildman–Crippen MR) is 68.1 cm³/mol. The monoisotopic (exact) mass is 303 g/mol. The van der Waals surface area contributed by atoms with Crippen molar-refractivity contribution in [3.05, 3.63) is 0 Å². The van der Waals surface area contributed by atoms with Gasteiger partial charge in [0, 0.05) is 0 Å². The Hall–Kier alpha value is -0.930. The van der Waals surface area contributed by atoms with Crippen molar-refractivity contribution >= 4 is 6.09 Å². The number of amides is 1. The Morgan fingerprint density at radius 3 is 2.38 bits per heavy atom. The predicted octanol–water partition coefficient (Wildman–Crippen LogP) is 0.478. The molecule has 0 aromatic rings. The first kappa shape index (κ1) is 15.0. The van der Waals surface area contributed by atoms with E-state index in [-0.39, 0.29) is 6.10 Å². The molecule has 3 heterocycles. The molecule has 8 heteroatoms. The van der Waals surface area contributed by atoms with Crippen LogP contribution in [0.2, 0.25) is 0 Å². The number of carbonyl (C=O) groups is 1. The molecule has 3 saturated heterocycles. The van der Waals surface area contributed by atoms with E-state index in [1.807, 2.05) is 13.8 Å². The Balaban J connectivity index is 1.77. The highest BCUT2D eigenvalue weighted by Crippen LogP contribution is 2.41. The smallest absolute Gasteiger partial charge is 0.404 e. The second-order valence-corrected chi connectivity index (χ2v) is 6.34. The topological polar surface area (TPSA) is 98.5 Å². The summed E-state index contributed by atoms with van der Waals surface area (Å²) in [6, 6.07) is 0. The molecule has 2 N–H and O–H groups in total. The van der Waals surface area contributed by atoms with Gasteiger partial charge in [0.2, 0.25) is 0 Å². The van der Waals surface area contributed by atoms with Crippen LogP contribution < -0.4 is 5.73 Å². The molecule has 3 aliphatic heterocycles. The van der Waals surface area contributed by atoms with Gasteiger partial charge < -0.3 is 34.2 Å². The third-order valence-corrected chi connectivity index (χ3v) is 3.68. The Labute approximate surface area is 122 Å². The summed E-state index contributed by atoms with van der Waals surface area (Å²) in [5.74, 6) is -1.50. The van der Waals surface area contributed by atoms with E-state index in [4.69, 9.17) is 34.2 Å². The lowest BCUT2D eigenvalue weighted by molar-refractivity contribution is -0.231. The van der Waals surface area contributed by atoms with Gasteiger partial charge in [0.1, 0.15) is 12.2 Å². The maximum absolute atomic E-state index is 11.2. The fourth-order valence-corrected chi connectivity index (χ4v) is 2.95. The van der Waals surface area contributed by atoms with Gasteiger partial charge in [-0.2, -0.15) is 0 Å². The quantitative estimate of drug-likeness (QED) is 0.792. The van der Waals surface area contributed by atoms with Gasteiger partial charge in [0.15, 0.2) is 30.1 Å². The van der Waals surface area contributed by atoms with Crippen LogP contribution in [-0.2, 0) is 28.4 Å². The SMILES string of the molecule is CC1(C)O[C@H]2O[C@H]([C@H]3COC(C)(C)O3)[C@H](OC(N)=O)[C@H]2O1. The summed E-state index contributed by atoms with van der Waals surface area (Å²) in [6.45, 7) is 7.48. The average molecular weight is 303 g/mol. The molecule has 0 unspecified atom stereocenters. The number of ether oxygens (including phenoxy) is 6. The van der Waals surface area contributed by atoms with Crippen LogP contribution in [0, 0.1) is 0 Å². The van der Waals surface area contributed by atoms with Crippen molar-refractivity contribution in [3.8, 4) is 0 Å². The van der Waals surface area contributed by atoms with E-state index in [2.05, 4.69) is 0 Å². The average Bonchev–Trinajstić information content (AvgIpc) is 2.90. The van der Waals surface area contributed by atoms with Gasteiger partial charge in [-0.1, -0.05) is 0 Å². The van der Waals surface area contributed by atoms with Gasteiger partial charge in [0.25, 0.3) is 0 Å². The van der Waals surface area contributed by atoms with Gasteiger partial charge >= 0.3 is 6.09 Å². The molecule has 0 radical (unpaired) electrons. The van der Waals surface area contributed by atoms with E-state index in [1.165, 1.54) is 0 Å². The van der Waals surface area contributed by atoms with Crippen molar-refractivity contribution in [2.24, 2.45) is 5.73 Å². The second-order valence-electron chi connectivity index (χ2n) is 6.34. The molecular weight excluding hydrogens is 282 g/mol. The lowest BCUT2D eigenvalue weighted by atomic mass is 10.1. The van der Waals surface area contributed by atoms with E-state index >= 15 is 0 Å². The summed E-state index contributed by atoms with van der Waals surface area (Å²) >= 11 is 0. The number of hydrogen-bond donors (Lipinski definition) is 1. The number of primary amides is 1. The molecule has 5 atom stereocenters. The molecule has 0 bridgehead atoms. The molecule has 1 amide bonds. The zero-order valence-electron chi connectivity index (χ0n) is 12.5. The third kappa shape index (κ3) is 2.86. The van der Waals surface area contributed by atoms with E-state index in [9.17, 15) is 4.79 Å². The van der Waals surface area contributed by atoms with E-state index in [0.29, 0.717) is 6.61 Å². The van der Waals surface area contributed by atoms with Crippen molar-refractivity contribution in [3.63, 3.8) is 0 Å². The minimum absolute atomic E-state index is 0.332. The van der Waals surface area contributed by atoms with Crippen LogP contribution in [0.25, 0.3) is 0 Å². The molecular formula is C13H21NO7. The van der Waals surface area contributed by atoms with Gasteiger partial charge in [-0.25, -0.2) is 4.79 Å². The zero-order valence-corrected chi connectivity index (χ0v) is 12.5. The fourth-order valence-electron chi connectivity index (χ4n) is 2.95. The summed E-state index contributed by atoms with van der Waals surface area (Å²) in [6.07, 6.45) is -3.68. The van der Waals surface area contributed by atoms with Crippen LogP contribution in [0.5, 0.6) is 0 Å². The van der Waals surface area contributed by atoms with Crippen LogP contribution in [0.1, 0.15) is 27.7 Å². The van der Waals surface area contributed by atoms with Gasteiger partial charge in [-0.3, -0.25) is 0 Å². The molecule has 3 aliphatic rings. The highest BCUT2D eigenvalue weighted by atomic mass is 16.8. The summed E-state index contributed by atoms with van der Waals surface area (Å²) < 4.78 is 33.7. The molecule has 0 aromatic heterocycles. The van der Waals surface area contributed by atoms with Gasteiger partial charge in [-0.15, -0.1) is 0 Å². The Morgan fingerprint density at radius 2 is 1.81 bits per heavy atom. The number of hydrogen-bond acceptors (Lipinski definition) is 7. The summed E-state index contributed by atoms with van der Waals surface area (Å²) in [5.41, 5.74) is 5.15. The Morgan fingerprint density at radius 1 is 1.10 bits per heavy atom. The fraction of sp³-hybridized carbons (Fsp3) is 0.923. The van der Waals surface area contributed by atoms with E-state index in [0.717, 1.165) is 0 Å². The Bertz CT molecular complexity index is 438. The van der Waals surface area contributed by atoms with Gasteiger partial charge in [0.05, 0.1) is 6.61 Å². The van der Waals surface area contributed by atoms with Crippen molar-refractivity contribution in [2.45, 2.75) is 70.0 Å². The van der Waals surface area contributed by atoms with Crippen LogP contribution in [0.4, 0.5) is 4.79 Å². The Kier molecular flexibility index (Phi) is 3.42. The van der Waals surface area contributed by atoms with Crippen LogP contribution in [0.3, 0.4) is 0 Å². The molecule has 0 aliphatic carbocycles. The van der Waals surface area contributed by atoms with E-state index < -0.39 is 42.3 Å². The highest BCUT2D eigenvalue weighted by molar-refractivity contribution is 5.65. The summed E-state index contributed by atoms with van der Waals surface area (Å²) in [5, 5.41) is 0. The molecule has 3 fully saturated rings. The maximum Gasteiger partial charge on any atom is 0.404 e. The molecule has 0 spiro atoms. The largest absolute Gasteiger partial charge is 0.440 e. The van der Waals surface area contributed by atoms with Gasteiger partial charge in [-0.05, 0) is 27.7 Å². The van der Waals surface area contributed by atoms with Crippen molar-refractivity contribution < 1.29 is 33.2 Å².